The lowest BCUT2D eigenvalue weighted by atomic mass is 10.0. The molecule has 1 amide bonds. The van der Waals surface area contributed by atoms with Gasteiger partial charge in [-0.25, -0.2) is 4.79 Å². The Balaban J connectivity index is 2.00. The SMILES string of the molecule is COC(=O)[C@@H]1CC[C@@H](c2ccccc2)N1C(=O)c1cnn(C(C)C)c1C. The summed E-state index contributed by atoms with van der Waals surface area (Å²) < 4.78 is 6.78. The molecular weight excluding hydrogens is 330 g/mol. The van der Waals surface area contributed by atoms with Crippen molar-refractivity contribution in [3.63, 3.8) is 0 Å². The topological polar surface area (TPSA) is 64.4 Å². The molecule has 0 unspecified atom stereocenters. The Labute approximate surface area is 153 Å². The van der Waals surface area contributed by atoms with Gasteiger partial charge < -0.3 is 9.64 Å². The molecule has 0 spiro atoms. The van der Waals surface area contributed by atoms with Gasteiger partial charge >= 0.3 is 5.97 Å². The number of methoxy groups -OCH3 is 1. The van der Waals surface area contributed by atoms with E-state index in [1.807, 2.05) is 55.8 Å². The van der Waals surface area contributed by atoms with E-state index in [9.17, 15) is 9.59 Å². The molecule has 6 heteroatoms. The van der Waals surface area contributed by atoms with E-state index in [0.29, 0.717) is 12.0 Å². The Hall–Kier alpha value is -2.63. The van der Waals surface area contributed by atoms with Crippen molar-refractivity contribution in [3.8, 4) is 0 Å². The fraction of sp³-hybridized carbons (Fsp3) is 0.450. The summed E-state index contributed by atoms with van der Waals surface area (Å²) in [4.78, 5) is 27.4. The number of benzene rings is 1. The number of ether oxygens (including phenoxy) is 1. The largest absolute Gasteiger partial charge is 0.467 e. The zero-order chi connectivity index (χ0) is 18.8. The Bertz CT molecular complexity index is 798. The van der Waals surface area contributed by atoms with Gasteiger partial charge in [-0.3, -0.25) is 9.48 Å². The molecule has 1 aromatic heterocycles. The normalized spacial score (nSPS) is 19.8. The van der Waals surface area contributed by atoms with Crippen molar-refractivity contribution in [1.82, 2.24) is 14.7 Å². The first kappa shape index (κ1) is 18.2. The van der Waals surface area contributed by atoms with Crippen molar-refractivity contribution >= 4 is 11.9 Å². The number of hydrogen-bond donors (Lipinski definition) is 0. The fourth-order valence-corrected chi connectivity index (χ4v) is 3.76. The maximum absolute atomic E-state index is 13.4. The van der Waals surface area contributed by atoms with Crippen LogP contribution in [-0.4, -0.2) is 39.7 Å². The second-order valence-electron chi connectivity index (χ2n) is 6.94. The number of carbonyl (C=O) groups excluding carboxylic acids is 2. The standard InChI is InChI=1S/C20H25N3O3/c1-13(2)23-14(3)16(12-21-23)19(24)22-17(15-8-6-5-7-9-15)10-11-18(22)20(25)26-4/h5-9,12-13,17-18H,10-11H2,1-4H3/t17-,18-/m0/s1. The van der Waals surface area contributed by atoms with Gasteiger partial charge in [-0.15, -0.1) is 0 Å². The third kappa shape index (κ3) is 3.11. The number of likely N-dealkylation sites (tertiary alicyclic amines) is 1. The number of amides is 1. The van der Waals surface area contributed by atoms with Crippen molar-refractivity contribution in [2.45, 2.75) is 51.7 Å². The average molecular weight is 355 g/mol. The van der Waals surface area contributed by atoms with E-state index >= 15 is 0 Å². The Kier molecular flexibility index (Phi) is 5.11. The molecule has 0 aliphatic carbocycles. The van der Waals surface area contributed by atoms with E-state index in [-0.39, 0.29) is 24.0 Å². The number of hydrogen-bond acceptors (Lipinski definition) is 4. The molecule has 1 saturated heterocycles. The van der Waals surface area contributed by atoms with Crippen molar-refractivity contribution in [1.29, 1.82) is 0 Å². The summed E-state index contributed by atoms with van der Waals surface area (Å²) in [6.07, 6.45) is 2.93. The van der Waals surface area contributed by atoms with Gasteiger partial charge in [0, 0.05) is 11.7 Å². The highest BCUT2D eigenvalue weighted by Gasteiger charge is 2.43. The third-order valence-electron chi connectivity index (χ3n) is 5.04. The van der Waals surface area contributed by atoms with E-state index in [0.717, 1.165) is 17.7 Å². The van der Waals surface area contributed by atoms with Crippen molar-refractivity contribution < 1.29 is 14.3 Å². The molecule has 1 aromatic carbocycles. The second kappa shape index (κ2) is 7.32. The van der Waals surface area contributed by atoms with E-state index in [2.05, 4.69) is 5.10 Å². The van der Waals surface area contributed by atoms with Gasteiger partial charge in [-0.2, -0.15) is 5.10 Å². The number of aromatic nitrogens is 2. The summed E-state index contributed by atoms with van der Waals surface area (Å²) in [6.45, 7) is 5.93. The molecule has 0 bridgehead atoms. The van der Waals surface area contributed by atoms with Crippen LogP contribution in [0.1, 0.15) is 60.4 Å². The molecule has 1 fully saturated rings. The molecule has 6 nitrogen and oxygen atoms in total. The first-order valence-corrected chi connectivity index (χ1v) is 8.95. The minimum Gasteiger partial charge on any atom is -0.467 e. The van der Waals surface area contributed by atoms with Gasteiger partial charge in [0.25, 0.3) is 5.91 Å². The monoisotopic (exact) mass is 355 g/mol. The molecule has 26 heavy (non-hydrogen) atoms. The van der Waals surface area contributed by atoms with Crippen LogP contribution in [-0.2, 0) is 9.53 Å². The molecule has 0 radical (unpaired) electrons. The van der Waals surface area contributed by atoms with Crippen LogP contribution in [0.4, 0.5) is 0 Å². The first-order chi connectivity index (χ1) is 12.5. The maximum atomic E-state index is 13.4. The van der Waals surface area contributed by atoms with Gasteiger partial charge in [-0.05, 0) is 39.2 Å². The highest BCUT2D eigenvalue weighted by atomic mass is 16.5. The average Bonchev–Trinajstić information content (AvgIpc) is 3.25. The molecule has 1 aliphatic heterocycles. The number of rotatable bonds is 4. The quantitative estimate of drug-likeness (QED) is 0.790. The van der Waals surface area contributed by atoms with Gasteiger partial charge in [0.15, 0.2) is 0 Å². The Morgan fingerprint density at radius 3 is 2.46 bits per heavy atom. The van der Waals surface area contributed by atoms with Crippen molar-refractivity contribution in [2.24, 2.45) is 0 Å². The molecule has 0 saturated carbocycles. The second-order valence-corrected chi connectivity index (χ2v) is 6.94. The van der Waals surface area contributed by atoms with Crippen molar-refractivity contribution in [2.75, 3.05) is 7.11 Å². The van der Waals surface area contributed by atoms with Crippen molar-refractivity contribution in [3.05, 3.63) is 53.3 Å². The van der Waals surface area contributed by atoms with Crippen LogP contribution >= 0.6 is 0 Å². The zero-order valence-corrected chi connectivity index (χ0v) is 15.7. The van der Waals surface area contributed by atoms with E-state index in [1.165, 1.54) is 7.11 Å². The van der Waals surface area contributed by atoms with Gasteiger partial charge in [0.05, 0.1) is 24.9 Å². The lowest BCUT2D eigenvalue weighted by Crippen LogP contribution is -2.42. The van der Waals surface area contributed by atoms with Crippen LogP contribution < -0.4 is 0 Å². The van der Waals surface area contributed by atoms with Gasteiger partial charge in [0.1, 0.15) is 6.04 Å². The van der Waals surface area contributed by atoms with E-state index in [4.69, 9.17) is 4.74 Å². The minimum atomic E-state index is -0.570. The number of nitrogens with zero attached hydrogens (tertiary/aromatic N) is 3. The van der Waals surface area contributed by atoms with Crippen LogP contribution in [0.2, 0.25) is 0 Å². The lowest BCUT2D eigenvalue weighted by molar-refractivity contribution is -0.145. The predicted octanol–water partition coefficient (Wildman–Crippen LogP) is 3.29. The van der Waals surface area contributed by atoms with Crippen LogP contribution in [0.3, 0.4) is 0 Å². The molecule has 0 N–H and O–H groups in total. The van der Waals surface area contributed by atoms with E-state index in [1.54, 1.807) is 11.1 Å². The summed E-state index contributed by atoms with van der Waals surface area (Å²) in [5.41, 5.74) is 2.38. The van der Waals surface area contributed by atoms with Gasteiger partial charge in [-0.1, -0.05) is 30.3 Å². The van der Waals surface area contributed by atoms with Crippen LogP contribution in [0.25, 0.3) is 0 Å². The zero-order valence-electron chi connectivity index (χ0n) is 15.7. The van der Waals surface area contributed by atoms with Crippen LogP contribution in [0, 0.1) is 6.92 Å². The summed E-state index contributed by atoms with van der Waals surface area (Å²) in [6, 6.07) is 9.28. The third-order valence-corrected chi connectivity index (χ3v) is 5.04. The van der Waals surface area contributed by atoms with Crippen LogP contribution in [0.15, 0.2) is 36.5 Å². The molecule has 1 aliphatic rings. The fourth-order valence-electron chi connectivity index (χ4n) is 3.76. The molecule has 2 aromatic rings. The molecule has 2 heterocycles. The molecule has 138 valence electrons. The molecular formula is C20H25N3O3. The molecule has 2 atom stereocenters. The Morgan fingerprint density at radius 2 is 1.88 bits per heavy atom. The summed E-state index contributed by atoms with van der Waals surface area (Å²) in [5.74, 6) is -0.540. The first-order valence-electron chi connectivity index (χ1n) is 8.95. The molecule has 3 rings (SSSR count). The summed E-state index contributed by atoms with van der Waals surface area (Å²) in [5, 5.41) is 4.35. The predicted molar refractivity (Wildman–Crippen MR) is 97.7 cm³/mol. The van der Waals surface area contributed by atoms with E-state index < -0.39 is 6.04 Å². The summed E-state index contributed by atoms with van der Waals surface area (Å²) in [7, 11) is 1.36. The Morgan fingerprint density at radius 1 is 1.19 bits per heavy atom. The maximum Gasteiger partial charge on any atom is 0.328 e. The van der Waals surface area contributed by atoms with Crippen LogP contribution in [0.5, 0.6) is 0 Å². The number of esters is 1. The lowest BCUT2D eigenvalue weighted by Gasteiger charge is -2.29. The summed E-state index contributed by atoms with van der Waals surface area (Å²) >= 11 is 0. The highest BCUT2D eigenvalue weighted by molar-refractivity contribution is 5.98. The minimum absolute atomic E-state index is 0.144. The highest BCUT2D eigenvalue weighted by Crippen LogP contribution is 2.38. The smallest absolute Gasteiger partial charge is 0.328 e. The number of carbonyl (C=O) groups is 2. The van der Waals surface area contributed by atoms with Gasteiger partial charge in [0.2, 0.25) is 0 Å².